The third kappa shape index (κ3) is 7.35. The standard InChI is InChI=1S/C29H40N6O4/c1-19(36)26-27(33-35(28(26)31)22(8-7-17-30)15-16-25(37)34(2)3)21-13-11-20(12-14-21)18-32-29(38)23-9-5-6-10-24(23)39-4/h5-6,9-11,13,22H,7-8,12,14-18,30-31H2,1-4H3,(H,32,38). The van der Waals surface area contributed by atoms with Gasteiger partial charge in [-0.3, -0.25) is 14.4 Å². The van der Waals surface area contributed by atoms with E-state index in [4.69, 9.17) is 21.3 Å². The van der Waals surface area contributed by atoms with Gasteiger partial charge < -0.3 is 26.4 Å². The molecule has 1 unspecified atom stereocenters. The van der Waals surface area contributed by atoms with Crippen LogP contribution < -0.4 is 21.5 Å². The van der Waals surface area contributed by atoms with E-state index in [0.717, 1.165) is 17.6 Å². The summed E-state index contributed by atoms with van der Waals surface area (Å²) >= 11 is 0. The number of hydrogen-bond donors (Lipinski definition) is 3. The van der Waals surface area contributed by atoms with E-state index in [-0.39, 0.29) is 23.6 Å². The molecule has 0 radical (unpaired) electrons. The second-order valence-electron chi connectivity index (χ2n) is 9.92. The Morgan fingerprint density at radius 1 is 1.15 bits per heavy atom. The van der Waals surface area contributed by atoms with Crippen LogP contribution in [0.2, 0.25) is 0 Å². The number of methoxy groups -OCH3 is 1. The minimum atomic E-state index is -0.204. The lowest BCUT2D eigenvalue weighted by atomic mass is 9.93. The van der Waals surface area contributed by atoms with Crippen LogP contribution in [0.15, 0.2) is 42.0 Å². The number of nitrogens with zero attached hydrogens (tertiary/aromatic N) is 3. The van der Waals surface area contributed by atoms with Gasteiger partial charge in [0.25, 0.3) is 5.91 Å². The lowest BCUT2D eigenvalue weighted by Crippen LogP contribution is -2.26. The van der Waals surface area contributed by atoms with Crippen molar-refractivity contribution < 1.29 is 19.1 Å². The number of aromatic nitrogens is 2. The first-order chi connectivity index (χ1) is 18.7. The average molecular weight is 537 g/mol. The molecule has 2 amide bonds. The minimum Gasteiger partial charge on any atom is -0.496 e. The van der Waals surface area contributed by atoms with Gasteiger partial charge in [-0.05, 0) is 63.3 Å². The maximum Gasteiger partial charge on any atom is 0.255 e. The van der Waals surface area contributed by atoms with Crippen LogP contribution in [0.3, 0.4) is 0 Å². The Balaban J connectivity index is 1.81. The van der Waals surface area contributed by atoms with Gasteiger partial charge in [0.2, 0.25) is 5.91 Å². The summed E-state index contributed by atoms with van der Waals surface area (Å²) in [5.74, 6) is 0.503. The molecular formula is C29H40N6O4. The molecule has 1 aliphatic carbocycles. The Kier molecular flexibility index (Phi) is 10.4. The third-order valence-corrected chi connectivity index (χ3v) is 6.94. The zero-order chi connectivity index (χ0) is 28.5. The number of nitrogens with one attached hydrogen (secondary N) is 1. The van der Waals surface area contributed by atoms with Crippen LogP contribution in [0.4, 0.5) is 5.82 Å². The van der Waals surface area contributed by atoms with E-state index in [0.29, 0.717) is 73.6 Å². The molecule has 0 saturated carbocycles. The molecule has 1 heterocycles. The molecule has 0 saturated heterocycles. The van der Waals surface area contributed by atoms with Crippen LogP contribution in [0.5, 0.6) is 5.75 Å². The quantitative estimate of drug-likeness (QED) is 0.333. The Morgan fingerprint density at radius 3 is 2.51 bits per heavy atom. The molecule has 39 heavy (non-hydrogen) atoms. The number of carbonyl (C=O) groups excluding carboxylic acids is 3. The van der Waals surface area contributed by atoms with Crippen LogP contribution in [0, 0.1) is 0 Å². The van der Waals surface area contributed by atoms with E-state index in [1.165, 1.54) is 14.0 Å². The molecule has 0 bridgehead atoms. The smallest absolute Gasteiger partial charge is 0.255 e. The highest BCUT2D eigenvalue weighted by Gasteiger charge is 2.27. The van der Waals surface area contributed by atoms with Crippen LogP contribution >= 0.6 is 0 Å². The predicted octanol–water partition coefficient (Wildman–Crippen LogP) is 3.36. The van der Waals surface area contributed by atoms with E-state index in [2.05, 4.69) is 5.32 Å². The molecule has 210 valence electrons. The summed E-state index contributed by atoms with van der Waals surface area (Å²) in [6.07, 6.45) is 7.61. The van der Waals surface area contributed by atoms with Crippen LogP contribution in [0.1, 0.15) is 77.9 Å². The lowest BCUT2D eigenvalue weighted by Gasteiger charge is -2.20. The Hall–Kier alpha value is -3.92. The molecule has 1 aromatic carbocycles. The molecule has 1 aliphatic rings. The zero-order valence-electron chi connectivity index (χ0n) is 23.3. The maximum absolute atomic E-state index is 12.7. The van der Waals surface area contributed by atoms with Crippen molar-refractivity contribution in [1.82, 2.24) is 20.0 Å². The number of hydrogen-bond acceptors (Lipinski definition) is 7. The van der Waals surface area contributed by atoms with E-state index < -0.39 is 0 Å². The molecular weight excluding hydrogens is 496 g/mol. The summed E-state index contributed by atoms with van der Waals surface area (Å²) in [6.45, 7) is 2.40. The maximum atomic E-state index is 12.7. The topological polar surface area (TPSA) is 146 Å². The van der Waals surface area contributed by atoms with E-state index in [1.54, 1.807) is 41.9 Å². The highest BCUT2D eigenvalue weighted by molar-refractivity contribution is 6.03. The summed E-state index contributed by atoms with van der Waals surface area (Å²) in [6, 6.07) is 6.94. The molecule has 3 rings (SSSR count). The van der Waals surface area contributed by atoms with Crippen molar-refractivity contribution in [2.75, 3.05) is 40.0 Å². The molecule has 1 atom stereocenters. The van der Waals surface area contributed by atoms with Crippen molar-refractivity contribution in [3.63, 3.8) is 0 Å². The summed E-state index contributed by atoms with van der Waals surface area (Å²) < 4.78 is 6.99. The Bertz CT molecular complexity index is 1260. The fourth-order valence-corrected chi connectivity index (χ4v) is 4.70. The number of ether oxygens (including phenoxy) is 1. The van der Waals surface area contributed by atoms with Gasteiger partial charge in [0.1, 0.15) is 17.3 Å². The van der Waals surface area contributed by atoms with Crippen molar-refractivity contribution in [2.45, 2.75) is 51.5 Å². The average Bonchev–Trinajstić information content (AvgIpc) is 3.28. The molecule has 0 spiro atoms. The van der Waals surface area contributed by atoms with Gasteiger partial charge >= 0.3 is 0 Å². The third-order valence-electron chi connectivity index (χ3n) is 6.94. The zero-order valence-corrected chi connectivity index (χ0v) is 23.3. The fourth-order valence-electron chi connectivity index (χ4n) is 4.70. The monoisotopic (exact) mass is 536 g/mol. The largest absolute Gasteiger partial charge is 0.496 e. The van der Waals surface area contributed by atoms with Crippen molar-refractivity contribution in [3.05, 3.63) is 58.8 Å². The SMILES string of the molecule is COc1ccccc1C(=O)NCC1=CC=C(c2nn(C(CCCN)CCC(=O)N(C)C)c(N)c2C(C)=O)CC1. The van der Waals surface area contributed by atoms with Crippen molar-refractivity contribution in [2.24, 2.45) is 5.73 Å². The molecule has 1 aromatic heterocycles. The summed E-state index contributed by atoms with van der Waals surface area (Å²) in [4.78, 5) is 39.1. The second kappa shape index (κ2) is 13.7. The van der Waals surface area contributed by atoms with Gasteiger partial charge in [-0.2, -0.15) is 5.10 Å². The van der Waals surface area contributed by atoms with Gasteiger partial charge in [-0.15, -0.1) is 0 Å². The van der Waals surface area contributed by atoms with Gasteiger partial charge in [0.15, 0.2) is 5.78 Å². The number of rotatable bonds is 13. The first-order valence-corrected chi connectivity index (χ1v) is 13.3. The molecule has 0 aliphatic heterocycles. The van der Waals surface area contributed by atoms with E-state index in [9.17, 15) is 14.4 Å². The predicted molar refractivity (Wildman–Crippen MR) is 153 cm³/mol. The van der Waals surface area contributed by atoms with Gasteiger partial charge in [-0.25, -0.2) is 4.68 Å². The molecule has 2 aromatic rings. The normalized spacial score (nSPS) is 13.8. The lowest BCUT2D eigenvalue weighted by molar-refractivity contribution is -0.129. The highest BCUT2D eigenvalue weighted by Crippen LogP contribution is 2.34. The van der Waals surface area contributed by atoms with Crippen LogP contribution in [-0.4, -0.2) is 66.6 Å². The number of benzene rings is 1. The number of carbonyl (C=O) groups is 3. The molecule has 5 N–H and O–H groups in total. The number of para-hydroxylation sites is 1. The summed E-state index contributed by atoms with van der Waals surface area (Å²) in [7, 11) is 4.99. The van der Waals surface area contributed by atoms with Crippen molar-refractivity contribution in [1.29, 1.82) is 0 Å². The first kappa shape index (κ1) is 29.6. The number of amides is 2. The Labute approximate surface area is 230 Å². The van der Waals surface area contributed by atoms with Crippen molar-refractivity contribution >= 4 is 29.0 Å². The number of allylic oxidation sites excluding steroid dienone is 3. The van der Waals surface area contributed by atoms with Crippen LogP contribution in [-0.2, 0) is 4.79 Å². The summed E-state index contributed by atoms with van der Waals surface area (Å²) in [5.41, 5.74) is 15.7. The second-order valence-corrected chi connectivity index (χ2v) is 9.92. The Morgan fingerprint density at radius 2 is 1.90 bits per heavy atom. The fraction of sp³-hybridized carbons (Fsp3) is 0.448. The minimum absolute atomic E-state index is 0.0240. The van der Waals surface area contributed by atoms with Crippen LogP contribution in [0.25, 0.3) is 5.57 Å². The van der Waals surface area contributed by atoms with E-state index >= 15 is 0 Å². The molecule has 10 nitrogen and oxygen atoms in total. The van der Waals surface area contributed by atoms with Crippen molar-refractivity contribution in [3.8, 4) is 5.75 Å². The number of nitrogen functional groups attached to an aromatic ring is 1. The van der Waals surface area contributed by atoms with E-state index in [1.807, 2.05) is 18.2 Å². The highest BCUT2D eigenvalue weighted by atomic mass is 16.5. The number of ketones is 1. The molecule has 10 heteroatoms. The number of nitrogens with two attached hydrogens (primary N) is 2. The first-order valence-electron chi connectivity index (χ1n) is 13.3. The van der Waals surface area contributed by atoms with Gasteiger partial charge in [0, 0.05) is 27.1 Å². The molecule has 0 fully saturated rings. The number of anilines is 1. The number of Topliss-reactive ketones (excluding diaryl/α,β-unsaturated/α-hetero) is 1. The van der Waals surface area contributed by atoms with Gasteiger partial charge in [-0.1, -0.05) is 29.9 Å². The summed E-state index contributed by atoms with van der Waals surface area (Å²) in [5, 5.41) is 7.77. The van der Waals surface area contributed by atoms with Gasteiger partial charge in [0.05, 0.1) is 24.3 Å².